The van der Waals surface area contributed by atoms with Crippen LogP contribution in [0.4, 0.5) is 0 Å². The predicted octanol–water partition coefficient (Wildman–Crippen LogP) is 3.92. The number of ether oxygens (including phenoxy) is 2. The summed E-state index contributed by atoms with van der Waals surface area (Å²) in [4.78, 5) is 27.4. The fourth-order valence-electron chi connectivity index (χ4n) is 3.73. The van der Waals surface area contributed by atoms with Crippen molar-refractivity contribution in [1.82, 2.24) is 4.90 Å². The molecule has 7 nitrogen and oxygen atoms in total. The van der Waals surface area contributed by atoms with Crippen LogP contribution in [0.15, 0.2) is 76.9 Å². The summed E-state index contributed by atoms with van der Waals surface area (Å²) in [6, 6.07) is 16.3. The van der Waals surface area contributed by atoms with Gasteiger partial charge in [0.2, 0.25) is 0 Å². The van der Waals surface area contributed by atoms with Crippen molar-refractivity contribution in [2.75, 3.05) is 14.2 Å². The third-order valence-electron chi connectivity index (χ3n) is 5.24. The van der Waals surface area contributed by atoms with Gasteiger partial charge in [0, 0.05) is 11.1 Å². The van der Waals surface area contributed by atoms with Crippen molar-refractivity contribution in [2.24, 2.45) is 0 Å². The van der Waals surface area contributed by atoms with Gasteiger partial charge in [-0.05, 0) is 42.5 Å². The van der Waals surface area contributed by atoms with Crippen LogP contribution < -0.4 is 9.47 Å². The number of Topliss-reactive ketones (excluding diaryl/α,β-unsaturated/α-hetero) is 1. The number of carbonyl (C=O) groups is 2. The van der Waals surface area contributed by atoms with Gasteiger partial charge in [0.05, 0.1) is 38.6 Å². The highest BCUT2D eigenvalue weighted by molar-refractivity contribution is 6.46. The summed E-state index contributed by atoms with van der Waals surface area (Å²) in [7, 11) is 3.05. The monoisotopic (exact) mass is 419 g/mol. The first-order chi connectivity index (χ1) is 15.0. The molecule has 3 aromatic rings. The zero-order valence-corrected chi connectivity index (χ0v) is 17.1. The molecule has 0 spiro atoms. The minimum atomic E-state index is -0.844. The molecule has 1 amide bonds. The number of hydrogen-bond donors (Lipinski definition) is 1. The largest absolute Gasteiger partial charge is 0.507 e. The van der Waals surface area contributed by atoms with Gasteiger partial charge < -0.3 is 23.9 Å². The lowest BCUT2D eigenvalue weighted by Gasteiger charge is -2.25. The Bertz CT molecular complexity index is 1130. The number of benzene rings is 2. The molecule has 7 heteroatoms. The lowest BCUT2D eigenvalue weighted by atomic mass is 9.94. The number of methoxy groups -OCH3 is 2. The van der Waals surface area contributed by atoms with Crippen LogP contribution in [0.3, 0.4) is 0 Å². The second kappa shape index (κ2) is 8.39. The molecule has 0 unspecified atom stereocenters. The number of likely N-dealkylation sites (tertiary alicyclic amines) is 1. The first kappa shape index (κ1) is 20.3. The number of aliphatic hydroxyl groups excluding tert-OH is 1. The van der Waals surface area contributed by atoms with Gasteiger partial charge in [0.1, 0.15) is 23.0 Å². The Hall–Kier alpha value is -4.00. The number of hydrogen-bond acceptors (Lipinski definition) is 6. The molecule has 1 N–H and O–H groups in total. The van der Waals surface area contributed by atoms with Crippen LogP contribution in [0, 0.1) is 0 Å². The van der Waals surface area contributed by atoms with E-state index in [1.54, 1.807) is 60.7 Å². The van der Waals surface area contributed by atoms with Crippen LogP contribution in [0.5, 0.6) is 11.5 Å². The molecular formula is C24H21NO6. The third kappa shape index (κ3) is 3.66. The number of aliphatic hydroxyl groups is 1. The van der Waals surface area contributed by atoms with E-state index in [2.05, 4.69) is 0 Å². The minimum absolute atomic E-state index is 0.00813. The third-order valence-corrected chi connectivity index (χ3v) is 5.24. The molecule has 0 saturated carbocycles. The second-order valence-electron chi connectivity index (χ2n) is 6.98. The maximum absolute atomic E-state index is 13.1. The molecule has 158 valence electrons. The van der Waals surface area contributed by atoms with E-state index in [-0.39, 0.29) is 17.9 Å². The van der Waals surface area contributed by atoms with Crippen LogP contribution >= 0.6 is 0 Å². The zero-order valence-electron chi connectivity index (χ0n) is 17.1. The van der Waals surface area contributed by atoms with Crippen molar-refractivity contribution >= 4 is 17.4 Å². The summed E-state index contributed by atoms with van der Waals surface area (Å²) in [6.45, 7) is 0.0691. The lowest BCUT2D eigenvalue weighted by molar-refractivity contribution is -0.140. The summed E-state index contributed by atoms with van der Waals surface area (Å²) in [5, 5.41) is 11.1. The van der Waals surface area contributed by atoms with Crippen LogP contribution in [0.2, 0.25) is 0 Å². The fourth-order valence-corrected chi connectivity index (χ4v) is 3.73. The molecular weight excluding hydrogens is 398 g/mol. The van der Waals surface area contributed by atoms with E-state index in [1.165, 1.54) is 25.4 Å². The van der Waals surface area contributed by atoms with Crippen LogP contribution in [0.1, 0.15) is 22.9 Å². The molecule has 1 aromatic heterocycles. The van der Waals surface area contributed by atoms with Crippen LogP contribution in [-0.2, 0) is 16.1 Å². The predicted molar refractivity (Wildman–Crippen MR) is 113 cm³/mol. The van der Waals surface area contributed by atoms with Crippen LogP contribution in [-0.4, -0.2) is 35.9 Å². The molecule has 0 aliphatic carbocycles. The highest BCUT2D eigenvalue weighted by atomic mass is 16.5. The Balaban J connectivity index is 1.88. The molecule has 2 heterocycles. The smallest absolute Gasteiger partial charge is 0.296 e. The molecule has 1 fully saturated rings. The van der Waals surface area contributed by atoms with Gasteiger partial charge in [0.15, 0.2) is 0 Å². The SMILES string of the molecule is COc1ccc(C(O)=C2C(=O)C(=O)N(Cc3ccco3)[C@@H]2c2ccccc2OC)cc1. The van der Waals surface area contributed by atoms with Crippen molar-refractivity contribution in [2.45, 2.75) is 12.6 Å². The summed E-state index contributed by atoms with van der Waals surface area (Å²) < 4.78 is 16.0. The fraction of sp³-hybridized carbons (Fsp3) is 0.167. The summed E-state index contributed by atoms with van der Waals surface area (Å²) in [6.07, 6.45) is 1.50. The van der Waals surface area contributed by atoms with Crippen molar-refractivity contribution in [3.8, 4) is 11.5 Å². The Morgan fingerprint density at radius 3 is 2.39 bits per heavy atom. The van der Waals surface area contributed by atoms with E-state index in [1.807, 2.05) is 0 Å². The Morgan fingerprint density at radius 2 is 1.74 bits per heavy atom. The summed E-state index contributed by atoms with van der Waals surface area (Å²) in [5.74, 6) is -0.126. The first-order valence-electron chi connectivity index (χ1n) is 9.63. The van der Waals surface area contributed by atoms with Gasteiger partial charge in [-0.25, -0.2) is 0 Å². The van der Waals surface area contributed by atoms with Gasteiger partial charge in [-0.2, -0.15) is 0 Å². The van der Waals surface area contributed by atoms with E-state index in [0.717, 1.165) is 0 Å². The molecule has 0 bridgehead atoms. The molecule has 1 aliphatic rings. The number of carbonyl (C=O) groups excluding carboxylic acids is 2. The summed E-state index contributed by atoms with van der Waals surface area (Å²) in [5.41, 5.74) is 0.980. The number of ketones is 1. The highest BCUT2D eigenvalue weighted by Crippen LogP contribution is 2.43. The molecule has 31 heavy (non-hydrogen) atoms. The molecule has 1 saturated heterocycles. The van der Waals surface area contributed by atoms with Crippen LogP contribution in [0.25, 0.3) is 5.76 Å². The maximum atomic E-state index is 13.1. The number of para-hydroxylation sites is 1. The average Bonchev–Trinajstić information content (AvgIpc) is 3.41. The van der Waals surface area contributed by atoms with Gasteiger partial charge in [-0.15, -0.1) is 0 Å². The first-order valence-corrected chi connectivity index (χ1v) is 9.63. The Labute approximate surface area is 179 Å². The van der Waals surface area contributed by atoms with E-state index >= 15 is 0 Å². The lowest BCUT2D eigenvalue weighted by Crippen LogP contribution is -2.29. The molecule has 4 rings (SSSR count). The number of furan rings is 1. The van der Waals surface area contributed by atoms with E-state index in [9.17, 15) is 14.7 Å². The highest BCUT2D eigenvalue weighted by Gasteiger charge is 2.47. The van der Waals surface area contributed by atoms with Gasteiger partial charge in [-0.1, -0.05) is 18.2 Å². The van der Waals surface area contributed by atoms with Gasteiger partial charge in [-0.3, -0.25) is 9.59 Å². The zero-order chi connectivity index (χ0) is 22.0. The normalized spacial score (nSPS) is 17.7. The van der Waals surface area contributed by atoms with Gasteiger partial charge >= 0.3 is 0 Å². The molecule has 1 atom stereocenters. The second-order valence-corrected chi connectivity index (χ2v) is 6.98. The van der Waals surface area contributed by atoms with E-state index in [4.69, 9.17) is 13.9 Å². The standard InChI is InChI=1S/C24H21NO6/c1-29-16-11-9-15(10-12-16)22(26)20-21(18-7-3-4-8-19(18)30-2)25(24(28)23(20)27)14-17-6-5-13-31-17/h3-13,21,26H,14H2,1-2H3/t21-/m1/s1. The topological polar surface area (TPSA) is 89.2 Å². The quantitative estimate of drug-likeness (QED) is 0.370. The summed E-state index contributed by atoms with van der Waals surface area (Å²) >= 11 is 0. The Morgan fingerprint density at radius 1 is 1.00 bits per heavy atom. The number of rotatable bonds is 6. The number of nitrogens with zero attached hydrogens (tertiary/aromatic N) is 1. The Kier molecular flexibility index (Phi) is 5.49. The van der Waals surface area contributed by atoms with Crippen molar-refractivity contribution in [3.63, 3.8) is 0 Å². The molecule has 1 aliphatic heterocycles. The maximum Gasteiger partial charge on any atom is 0.296 e. The van der Waals surface area contributed by atoms with E-state index in [0.29, 0.717) is 28.4 Å². The van der Waals surface area contributed by atoms with Crippen molar-refractivity contribution in [3.05, 3.63) is 89.4 Å². The minimum Gasteiger partial charge on any atom is -0.507 e. The molecule has 2 aromatic carbocycles. The number of amides is 1. The van der Waals surface area contributed by atoms with Crippen molar-refractivity contribution < 1.29 is 28.6 Å². The average molecular weight is 419 g/mol. The van der Waals surface area contributed by atoms with E-state index < -0.39 is 17.7 Å². The van der Waals surface area contributed by atoms with Gasteiger partial charge in [0.25, 0.3) is 11.7 Å². The molecule has 0 radical (unpaired) electrons. The van der Waals surface area contributed by atoms with Crippen molar-refractivity contribution in [1.29, 1.82) is 0 Å².